The number of amides is 7. The van der Waals surface area contributed by atoms with Gasteiger partial charge in [0, 0.05) is 61.9 Å². The SMILES string of the molecule is CC[C@H](C)[C@@H]1NC(=O)CNC(=O)C2CC(=O)[C@H]([C@@H](C)[C@@H](O)CO)NC(=O)[C@@H]3CC(O)CN3C(=O)[C@H](CC(N)=O)CC(=O)C(C[S@@](=O)c3[nH]c4cc(OCCCCC(=O)CBr)ccc4c3C2)NC(=O)CNC1=O. The molecular formula is C47H65BrN8O15S. The number of carbonyl (C=O) groups excluding carboxylic acids is 10. The molecular weight excluding hydrogens is 1030 g/mol. The number of fused-ring (bicyclic) bond motifs is 5. The number of alkyl halides is 1. The first-order valence-corrected chi connectivity index (χ1v) is 26.4. The number of nitrogens with zero attached hydrogens (tertiary/aromatic N) is 1. The molecule has 23 nitrogen and oxygen atoms in total. The van der Waals surface area contributed by atoms with Crippen molar-refractivity contribution in [1.82, 2.24) is 36.5 Å². The molecule has 1 saturated heterocycles. The maximum absolute atomic E-state index is 14.9. The number of primary amides is 1. The third-order valence-corrected chi connectivity index (χ3v) is 15.4. The second-order valence-corrected chi connectivity index (χ2v) is 20.7. The Bertz CT molecular complexity index is 2420. The van der Waals surface area contributed by atoms with E-state index in [0.29, 0.717) is 42.3 Å². The molecule has 4 heterocycles. The summed E-state index contributed by atoms with van der Waals surface area (Å²) in [5.74, 6) is -13.2. The number of unbranched alkanes of at least 4 members (excludes halogenated alkanes) is 1. The Morgan fingerprint density at radius 1 is 0.917 bits per heavy atom. The smallest absolute Gasteiger partial charge is 0.243 e. The largest absolute Gasteiger partial charge is 0.494 e. The molecule has 5 rings (SSSR count). The lowest BCUT2D eigenvalue weighted by Crippen LogP contribution is -2.56. The van der Waals surface area contributed by atoms with Crippen LogP contribution >= 0.6 is 15.9 Å². The van der Waals surface area contributed by atoms with Gasteiger partial charge in [-0.15, -0.1) is 0 Å². The summed E-state index contributed by atoms with van der Waals surface area (Å²) in [6.07, 6.45) is -4.11. The molecule has 0 spiro atoms. The summed E-state index contributed by atoms with van der Waals surface area (Å²) in [5.41, 5.74) is 6.10. The van der Waals surface area contributed by atoms with Crippen LogP contribution in [0.25, 0.3) is 10.9 Å². The number of halogens is 1. The number of aliphatic hydroxyl groups excluding tert-OH is 3. The normalized spacial score (nSPS) is 26.8. The van der Waals surface area contributed by atoms with Crippen LogP contribution in [0.5, 0.6) is 5.75 Å². The first kappa shape index (κ1) is 57.3. The van der Waals surface area contributed by atoms with Crippen LogP contribution in [-0.4, -0.2) is 168 Å². The predicted molar refractivity (Wildman–Crippen MR) is 261 cm³/mol. The van der Waals surface area contributed by atoms with Crippen LogP contribution in [0.1, 0.15) is 77.7 Å². The molecule has 25 heteroatoms. The van der Waals surface area contributed by atoms with Crippen LogP contribution in [0, 0.1) is 23.7 Å². The molecule has 0 saturated carbocycles. The molecule has 3 aliphatic rings. The van der Waals surface area contributed by atoms with E-state index in [9.17, 15) is 67.5 Å². The first-order chi connectivity index (χ1) is 34.1. The van der Waals surface area contributed by atoms with Gasteiger partial charge >= 0.3 is 0 Å². The average molecular weight is 1090 g/mol. The minimum atomic E-state index is -2.32. The number of benzene rings is 1. The van der Waals surface area contributed by atoms with E-state index >= 15 is 0 Å². The molecule has 2 aromatic rings. The number of hydrogen-bond donors (Lipinski definition) is 10. The summed E-state index contributed by atoms with van der Waals surface area (Å²) in [7, 11) is -2.32. The number of hydrogen-bond acceptors (Lipinski definition) is 15. The van der Waals surface area contributed by atoms with Crippen molar-refractivity contribution in [3.05, 3.63) is 23.8 Å². The van der Waals surface area contributed by atoms with Crippen LogP contribution in [0.3, 0.4) is 0 Å². The summed E-state index contributed by atoms with van der Waals surface area (Å²) in [6.45, 7) is 2.25. The number of ketones is 3. The predicted octanol–water partition coefficient (Wildman–Crippen LogP) is -1.93. The van der Waals surface area contributed by atoms with Crippen molar-refractivity contribution in [3.63, 3.8) is 0 Å². The van der Waals surface area contributed by atoms with Crippen molar-refractivity contribution >= 4 is 96.3 Å². The van der Waals surface area contributed by atoms with Gasteiger partial charge in [-0.05, 0) is 42.9 Å². The van der Waals surface area contributed by atoms with Gasteiger partial charge in [-0.25, -0.2) is 0 Å². The van der Waals surface area contributed by atoms with Gasteiger partial charge in [0.1, 0.15) is 28.6 Å². The lowest BCUT2D eigenvalue weighted by molar-refractivity contribution is -0.145. The van der Waals surface area contributed by atoms with Gasteiger partial charge in [-0.3, -0.25) is 52.2 Å². The van der Waals surface area contributed by atoms with Gasteiger partial charge in [0.2, 0.25) is 41.4 Å². The fraction of sp³-hybridized carbons (Fsp3) is 0.617. The summed E-state index contributed by atoms with van der Waals surface area (Å²) < 4.78 is 20.9. The number of aromatic nitrogens is 1. The monoisotopic (exact) mass is 1090 g/mol. The van der Waals surface area contributed by atoms with Crippen LogP contribution in [0.2, 0.25) is 0 Å². The lowest BCUT2D eigenvalue weighted by atomic mass is 9.85. The number of nitrogens with two attached hydrogens (primary N) is 1. The summed E-state index contributed by atoms with van der Waals surface area (Å²) in [4.78, 5) is 142. The van der Waals surface area contributed by atoms with Gasteiger partial charge in [0.15, 0.2) is 11.6 Å². The third-order valence-electron chi connectivity index (χ3n) is 13.4. The third kappa shape index (κ3) is 15.0. The first-order valence-electron chi connectivity index (χ1n) is 23.9. The molecule has 1 aromatic carbocycles. The van der Waals surface area contributed by atoms with Crippen LogP contribution in [-0.2, 0) is 65.2 Å². The van der Waals surface area contributed by atoms with Gasteiger partial charge in [0.05, 0.1) is 83.9 Å². The zero-order chi connectivity index (χ0) is 53.0. The Morgan fingerprint density at radius 2 is 1.61 bits per heavy atom. The molecule has 3 unspecified atom stereocenters. The average Bonchev–Trinajstić information content (AvgIpc) is 3.92. The van der Waals surface area contributed by atoms with Gasteiger partial charge in [0.25, 0.3) is 0 Å². The summed E-state index contributed by atoms with van der Waals surface area (Å²) in [6, 6.07) is -1.28. The highest BCUT2D eigenvalue weighted by Crippen LogP contribution is 2.33. The van der Waals surface area contributed by atoms with E-state index in [4.69, 9.17) is 10.5 Å². The van der Waals surface area contributed by atoms with Crippen molar-refractivity contribution in [1.29, 1.82) is 0 Å². The Balaban J connectivity index is 1.71. The molecule has 396 valence electrons. The maximum atomic E-state index is 14.9. The molecule has 11 N–H and O–H groups in total. The highest BCUT2D eigenvalue weighted by atomic mass is 79.9. The minimum absolute atomic E-state index is 0.0355. The van der Waals surface area contributed by atoms with Gasteiger partial charge in [-0.1, -0.05) is 43.1 Å². The fourth-order valence-electron chi connectivity index (χ4n) is 9.02. The Labute approximate surface area is 426 Å². The van der Waals surface area contributed by atoms with Crippen LogP contribution in [0.15, 0.2) is 23.2 Å². The van der Waals surface area contributed by atoms with E-state index in [1.807, 2.05) is 0 Å². The van der Waals surface area contributed by atoms with Crippen LogP contribution in [0.4, 0.5) is 0 Å². The summed E-state index contributed by atoms with van der Waals surface area (Å²) >= 11 is 3.15. The van der Waals surface area contributed by atoms with Crippen molar-refractivity contribution < 1.29 is 72.2 Å². The Hall–Kier alpha value is -5.63. The standard InChI is InChI=1S/C47H65BrN8O15S/c1-4-23(2)41-45(68)51-18-39(64)52-33-22-72(70)46-31(30-9-8-29(16-32(30)53-46)71-10-6-5-7-27(58)17-48)11-25(43(66)50-19-40(65)54-41)12-36(61)42(24(3)37(62)21-57)55-44(67)34-15-28(59)20-56(34)47(69)26(13-35(33)60)14-38(49)63/h8-9,16,23-26,28,33-34,37,41-42,53,57,59,62H,4-7,10-15,17-22H2,1-3H3,(H2,49,63)(H,50,66)(H,51,68)(H,52,64)(H,54,65)(H,55,67)/t23-,24-,25?,26-,28?,33?,34-,37-,41-,42-,72+/m0/s1. The zero-order valence-corrected chi connectivity index (χ0v) is 42.8. The van der Waals surface area contributed by atoms with E-state index in [1.165, 1.54) is 6.92 Å². The number of aliphatic hydroxyl groups is 3. The molecule has 72 heavy (non-hydrogen) atoms. The van der Waals surface area contributed by atoms with Crippen molar-refractivity contribution in [2.45, 2.75) is 120 Å². The number of nitrogens with one attached hydrogen (secondary N) is 6. The van der Waals surface area contributed by atoms with E-state index in [2.05, 4.69) is 47.5 Å². The number of H-pyrrole nitrogens is 1. The Morgan fingerprint density at radius 3 is 2.28 bits per heavy atom. The zero-order valence-electron chi connectivity index (χ0n) is 40.4. The highest BCUT2D eigenvalue weighted by molar-refractivity contribution is 9.09. The summed E-state index contributed by atoms with van der Waals surface area (Å²) in [5, 5.41) is 44.8. The molecule has 7 amide bonds. The molecule has 0 radical (unpaired) electrons. The maximum Gasteiger partial charge on any atom is 0.243 e. The van der Waals surface area contributed by atoms with E-state index < -0.39 is 175 Å². The van der Waals surface area contributed by atoms with Gasteiger partial charge < -0.3 is 62.3 Å². The number of Topliss-reactive ketones (excluding diaryl/α,β-unsaturated/α-hetero) is 3. The molecule has 11 atom stereocenters. The number of carbonyl (C=O) groups is 10. The molecule has 2 bridgehead atoms. The number of aromatic amines is 1. The van der Waals surface area contributed by atoms with Crippen molar-refractivity contribution in [2.24, 2.45) is 29.4 Å². The second-order valence-electron chi connectivity index (χ2n) is 18.7. The van der Waals surface area contributed by atoms with Crippen molar-refractivity contribution in [3.8, 4) is 5.75 Å². The second kappa shape index (κ2) is 26.4. The van der Waals surface area contributed by atoms with Crippen LogP contribution < -0.4 is 37.1 Å². The number of rotatable bonds is 14. The van der Waals surface area contributed by atoms with Crippen molar-refractivity contribution in [2.75, 3.05) is 43.9 Å². The van der Waals surface area contributed by atoms with E-state index in [1.54, 1.807) is 32.0 Å². The lowest BCUT2D eigenvalue weighted by Gasteiger charge is -2.32. The molecule has 3 aliphatic heterocycles. The highest BCUT2D eigenvalue weighted by Gasteiger charge is 2.45. The topological polar surface area (TPSA) is 363 Å². The quantitative estimate of drug-likeness (QED) is 0.0728. The fourth-order valence-corrected chi connectivity index (χ4v) is 10.7. The molecule has 1 aromatic heterocycles. The minimum Gasteiger partial charge on any atom is -0.494 e. The Kier molecular flexibility index (Phi) is 21.0. The van der Waals surface area contributed by atoms with E-state index in [-0.39, 0.29) is 41.2 Å². The molecule has 0 aliphatic carbocycles. The molecule has 1 fully saturated rings. The van der Waals surface area contributed by atoms with Gasteiger partial charge in [-0.2, -0.15) is 0 Å². The van der Waals surface area contributed by atoms with E-state index in [0.717, 1.165) is 4.90 Å². The number of ether oxygens (including phenoxy) is 1.